The fraction of sp³-hybridized carbons (Fsp3) is 0.429. The zero-order valence-corrected chi connectivity index (χ0v) is 14.9. The molecule has 5 heteroatoms. The van der Waals surface area contributed by atoms with Crippen LogP contribution in [0.15, 0.2) is 47.3 Å². The molecule has 0 bridgehead atoms. The maximum absolute atomic E-state index is 12.4. The molecule has 5 nitrogen and oxygen atoms in total. The number of aromatic nitrogens is 1. The van der Waals surface area contributed by atoms with Gasteiger partial charge in [0.15, 0.2) is 0 Å². The first-order chi connectivity index (χ1) is 12.6. The van der Waals surface area contributed by atoms with E-state index in [4.69, 9.17) is 0 Å². The van der Waals surface area contributed by atoms with Gasteiger partial charge in [-0.1, -0.05) is 68.5 Å². The number of rotatable bonds is 7. The van der Waals surface area contributed by atoms with Crippen LogP contribution in [0.4, 0.5) is 0 Å². The van der Waals surface area contributed by atoms with Gasteiger partial charge in [-0.25, -0.2) is 0 Å². The van der Waals surface area contributed by atoms with Gasteiger partial charge in [-0.2, -0.15) is 0 Å². The second kappa shape index (κ2) is 8.81. The van der Waals surface area contributed by atoms with E-state index in [0.717, 1.165) is 12.1 Å². The number of hydrogen-bond acceptors (Lipinski definition) is 3. The van der Waals surface area contributed by atoms with Gasteiger partial charge in [-0.15, -0.1) is 0 Å². The van der Waals surface area contributed by atoms with Crippen molar-refractivity contribution < 1.29 is 9.90 Å². The highest BCUT2D eigenvalue weighted by atomic mass is 16.4. The predicted octanol–water partition coefficient (Wildman–Crippen LogP) is 3.41. The Kier molecular flexibility index (Phi) is 6.23. The van der Waals surface area contributed by atoms with Crippen molar-refractivity contribution in [2.45, 2.75) is 51.1 Å². The molecule has 1 aromatic carbocycles. The molecule has 3 N–H and O–H groups in total. The highest BCUT2D eigenvalue weighted by molar-refractivity contribution is 5.75. The van der Waals surface area contributed by atoms with Gasteiger partial charge >= 0.3 is 5.97 Å². The molecule has 0 unspecified atom stereocenters. The molecule has 0 aliphatic heterocycles. The summed E-state index contributed by atoms with van der Waals surface area (Å²) in [5.41, 5.74) is 2.07. The number of pyridine rings is 1. The summed E-state index contributed by atoms with van der Waals surface area (Å²) in [4.78, 5) is 26.9. The van der Waals surface area contributed by atoms with Crippen LogP contribution in [0.5, 0.6) is 0 Å². The van der Waals surface area contributed by atoms with Crippen LogP contribution in [-0.2, 0) is 17.8 Å². The number of hydrogen-bond donors (Lipinski definition) is 3. The molecule has 1 aliphatic carbocycles. The van der Waals surface area contributed by atoms with Gasteiger partial charge in [-0.3, -0.25) is 14.9 Å². The van der Waals surface area contributed by atoms with Gasteiger partial charge in [0.25, 0.3) is 5.56 Å². The molecule has 0 radical (unpaired) electrons. The molecule has 0 amide bonds. The minimum Gasteiger partial charge on any atom is -0.480 e. The first kappa shape index (κ1) is 18.4. The molecule has 1 heterocycles. The van der Waals surface area contributed by atoms with Crippen LogP contribution in [0.25, 0.3) is 0 Å². The van der Waals surface area contributed by atoms with Crippen LogP contribution < -0.4 is 10.9 Å². The maximum atomic E-state index is 12.4. The van der Waals surface area contributed by atoms with E-state index in [1.54, 1.807) is 24.3 Å². The Balaban J connectivity index is 1.64. The van der Waals surface area contributed by atoms with Gasteiger partial charge < -0.3 is 10.1 Å². The molecule has 0 saturated heterocycles. The fourth-order valence-electron chi connectivity index (χ4n) is 3.71. The van der Waals surface area contributed by atoms with E-state index in [-0.39, 0.29) is 12.1 Å². The summed E-state index contributed by atoms with van der Waals surface area (Å²) in [7, 11) is 0. The molecule has 1 saturated carbocycles. The Morgan fingerprint density at radius 3 is 2.50 bits per heavy atom. The summed E-state index contributed by atoms with van der Waals surface area (Å²) in [5.74, 6) is -0.292. The zero-order chi connectivity index (χ0) is 18.4. The summed E-state index contributed by atoms with van der Waals surface area (Å²) in [6.07, 6.45) is 7.29. The standard InChI is InChI=1S/C21H26N2O3/c24-20-17(11-12-18(23-20)13-15-7-3-1-4-8-15)14-22-19(21(25)26)16-9-5-2-6-10-16/h2,5-6,9-12,15,19,22H,1,3-4,7-8,13-14H2,(H,23,24)(H,25,26)/t19-/m0/s1. The molecule has 0 spiro atoms. The van der Waals surface area contributed by atoms with Crippen LogP contribution in [0.2, 0.25) is 0 Å². The van der Waals surface area contributed by atoms with E-state index in [0.29, 0.717) is 17.0 Å². The maximum Gasteiger partial charge on any atom is 0.325 e. The van der Waals surface area contributed by atoms with Crippen molar-refractivity contribution in [3.8, 4) is 0 Å². The number of benzene rings is 1. The lowest BCUT2D eigenvalue weighted by molar-refractivity contribution is -0.139. The lowest BCUT2D eigenvalue weighted by Crippen LogP contribution is -2.30. The average Bonchev–Trinajstić information content (AvgIpc) is 2.65. The minimum atomic E-state index is -0.957. The Hall–Kier alpha value is -2.40. The minimum absolute atomic E-state index is 0.136. The van der Waals surface area contributed by atoms with Gasteiger partial charge in [0, 0.05) is 17.8 Å². The molecule has 2 aromatic rings. The van der Waals surface area contributed by atoms with Crippen molar-refractivity contribution in [2.24, 2.45) is 5.92 Å². The smallest absolute Gasteiger partial charge is 0.325 e. The number of carbonyl (C=O) groups is 1. The van der Waals surface area contributed by atoms with E-state index in [1.807, 2.05) is 18.2 Å². The molecule has 138 valence electrons. The van der Waals surface area contributed by atoms with Crippen LogP contribution in [0.3, 0.4) is 0 Å². The van der Waals surface area contributed by atoms with E-state index in [9.17, 15) is 14.7 Å². The second-order valence-electron chi connectivity index (χ2n) is 7.11. The topological polar surface area (TPSA) is 82.2 Å². The quantitative estimate of drug-likeness (QED) is 0.712. The highest BCUT2D eigenvalue weighted by Gasteiger charge is 2.19. The molecule has 3 rings (SSSR count). The number of aliphatic carboxylic acids is 1. The monoisotopic (exact) mass is 354 g/mol. The van der Waals surface area contributed by atoms with E-state index in [1.165, 1.54) is 32.1 Å². The van der Waals surface area contributed by atoms with Crippen LogP contribution in [0, 0.1) is 5.92 Å². The normalized spacial score (nSPS) is 16.3. The van der Waals surface area contributed by atoms with Crippen molar-refractivity contribution in [1.82, 2.24) is 10.3 Å². The van der Waals surface area contributed by atoms with E-state index < -0.39 is 12.0 Å². The van der Waals surface area contributed by atoms with Crippen LogP contribution in [-0.4, -0.2) is 16.1 Å². The summed E-state index contributed by atoms with van der Waals surface area (Å²) in [6.45, 7) is 0.213. The number of H-pyrrole nitrogens is 1. The largest absolute Gasteiger partial charge is 0.480 e. The summed E-state index contributed by atoms with van der Waals surface area (Å²) >= 11 is 0. The average molecular weight is 354 g/mol. The van der Waals surface area contributed by atoms with Gasteiger partial charge in [0.2, 0.25) is 0 Å². The van der Waals surface area contributed by atoms with Gasteiger partial charge in [0.05, 0.1) is 0 Å². The lowest BCUT2D eigenvalue weighted by Gasteiger charge is -2.21. The highest BCUT2D eigenvalue weighted by Crippen LogP contribution is 2.26. The summed E-state index contributed by atoms with van der Waals surface area (Å²) in [6, 6.07) is 11.9. The number of carboxylic acid groups (broad SMARTS) is 1. The fourth-order valence-corrected chi connectivity index (χ4v) is 3.71. The first-order valence-corrected chi connectivity index (χ1v) is 9.35. The van der Waals surface area contributed by atoms with Crippen LogP contribution >= 0.6 is 0 Å². The molecule has 1 aromatic heterocycles. The van der Waals surface area contributed by atoms with Crippen molar-refractivity contribution in [2.75, 3.05) is 0 Å². The molecule has 1 fully saturated rings. The van der Waals surface area contributed by atoms with Crippen molar-refractivity contribution >= 4 is 5.97 Å². The molecular formula is C21H26N2O3. The molecular weight excluding hydrogens is 328 g/mol. The third-order valence-corrected chi connectivity index (χ3v) is 5.16. The van der Waals surface area contributed by atoms with Crippen molar-refractivity contribution in [3.63, 3.8) is 0 Å². The molecule has 1 aliphatic rings. The van der Waals surface area contributed by atoms with Gasteiger partial charge in [-0.05, 0) is 24.0 Å². The SMILES string of the molecule is O=C(O)[C@@H](NCc1ccc(CC2CCCCC2)[nH]c1=O)c1ccccc1. The third-order valence-electron chi connectivity index (χ3n) is 5.16. The summed E-state index contributed by atoms with van der Waals surface area (Å²) in [5, 5.41) is 12.4. The van der Waals surface area contributed by atoms with E-state index >= 15 is 0 Å². The Labute approximate surface area is 153 Å². The van der Waals surface area contributed by atoms with Gasteiger partial charge in [0.1, 0.15) is 6.04 Å². The number of aromatic amines is 1. The van der Waals surface area contributed by atoms with Crippen molar-refractivity contribution in [1.29, 1.82) is 0 Å². The molecule has 26 heavy (non-hydrogen) atoms. The predicted molar refractivity (Wildman–Crippen MR) is 101 cm³/mol. The molecule has 1 atom stereocenters. The van der Waals surface area contributed by atoms with E-state index in [2.05, 4.69) is 10.3 Å². The first-order valence-electron chi connectivity index (χ1n) is 9.35. The summed E-state index contributed by atoms with van der Waals surface area (Å²) < 4.78 is 0. The lowest BCUT2D eigenvalue weighted by atomic mass is 9.86. The Morgan fingerprint density at radius 2 is 1.85 bits per heavy atom. The second-order valence-corrected chi connectivity index (χ2v) is 7.11. The third kappa shape index (κ3) is 4.82. The van der Waals surface area contributed by atoms with Crippen LogP contribution in [0.1, 0.15) is 55.0 Å². The Morgan fingerprint density at radius 1 is 1.12 bits per heavy atom. The zero-order valence-electron chi connectivity index (χ0n) is 14.9. The number of carboxylic acids is 1. The Bertz CT molecular complexity index is 779. The van der Waals surface area contributed by atoms with Crippen molar-refractivity contribution in [3.05, 3.63) is 69.6 Å². The number of nitrogens with one attached hydrogen (secondary N) is 2.